The van der Waals surface area contributed by atoms with Gasteiger partial charge in [-0.05, 0) is 47.2 Å². The summed E-state index contributed by atoms with van der Waals surface area (Å²) >= 11 is 7.05. The fourth-order valence-corrected chi connectivity index (χ4v) is 3.74. The molecule has 31 heavy (non-hydrogen) atoms. The lowest BCUT2D eigenvalue weighted by Crippen LogP contribution is -2.17. The zero-order valence-electron chi connectivity index (χ0n) is 18.0. The number of amides is 1. The quantitative estimate of drug-likeness (QED) is 0.379. The number of hydrogen-bond acceptors (Lipinski definition) is 6. The second kappa shape index (κ2) is 10.7. The first kappa shape index (κ1) is 23.2. The number of ether oxygens (including phenoxy) is 1. The molecule has 0 aliphatic rings. The van der Waals surface area contributed by atoms with E-state index in [-0.39, 0.29) is 18.3 Å². The predicted molar refractivity (Wildman–Crippen MR) is 124 cm³/mol. The molecule has 0 saturated carbocycles. The van der Waals surface area contributed by atoms with Crippen LogP contribution in [-0.2, 0) is 11.4 Å². The Bertz CT molecular complexity index is 993. The molecule has 0 fully saturated rings. The van der Waals surface area contributed by atoms with E-state index in [9.17, 15) is 4.79 Å². The van der Waals surface area contributed by atoms with Crippen molar-refractivity contribution in [2.24, 2.45) is 0 Å². The molecule has 3 rings (SSSR count). The molecular weight excluding hydrogens is 434 g/mol. The van der Waals surface area contributed by atoms with Crippen LogP contribution in [0.2, 0.25) is 5.02 Å². The number of benzene rings is 2. The summed E-state index contributed by atoms with van der Waals surface area (Å²) in [7, 11) is 0. The van der Waals surface area contributed by atoms with E-state index in [4.69, 9.17) is 20.8 Å². The summed E-state index contributed by atoms with van der Waals surface area (Å²) in [6.07, 6.45) is 0. The van der Waals surface area contributed by atoms with Crippen LogP contribution in [0.25, 0.3) is 0 Å². The number of carbonyl (C=O) groups excluding carboxylic acids is 1. The molecule has 3 aromatic rings. The highest BCUT2D eigenvalue weighted by atomic mass is 35.5. The number of anilines is 1. The van der Waals surface area contributed by atoms with Gasteiger partial charge in [-0.1, -0.05) is 69.3 Å². The van der Waals surface area contributed by atoms with E-state index < -0.39 is 0 Å². The van der Waals surface area contributed by atoms with E-state index in [0.29, 0.717) is 33.7 Å². The topological polar surface area (TPSA) is 77.2 Å². The Morgan fingerprint density at radius 2 is 1.71 bits per heavy atom. The first-order chi connectivity index (χ1) is 14.8. The van der Waals surface area contributed by atoms with Crippen LogP contribution >= 0.6 is 23.4 Å². The highest BCUT2D eigenvalue weighted by Crippen LogP contribution is 2.32. The second-order valence-corrected chi connectivity index (χ2v) is 9.03. The van der Waals surface area contributed by atoms with Gasteiger partial charge in [0.2, 0.25) is 5.91 Å². The van der Waals surface area contributed by atoms with Crippen LogP contribution in [0, 0.1) is 0 Å². The highest BCUT2D eigenvalue weighted by molar-refractivity contribution is 7.99. The van der Waals surface area contributed by atoms with Crippen molar-refractivity contribution in [3.05, 3.63) is 64.5 Å². The van der Waals surface area contributed by atoms with Crippen LogP contribution in [0.3, 0.4) is 0 Å². The van der Waals surface area contributed by atoms with E-state index in [1.807, 2.05) is 6.07 Å². The summed E-state index contributed by atoms with van der Waals surface area (Å²) < 4.78 is 11.2. The number of rotatable bonds is 9. The number of hydrogen-bond donors (Lipinski definition) is 1. The monoisotopic (exact) mass is 459 g/mol. The van der Waals surface area contributed by atoms with Gasteiger partial charge in [0, 0.05) is 10.7 Å². The minimum absolute atomic E-state index is 0.114. The lowest BCUT2D eigenvalue weighted by molar-refractivity contribution is -0.113. The van der Waals surface area contributed by atoms with E-state index in [1.165, 1.54) is 11.8 Å². The minimum atomic E-state index is -0.114. The molecule has 1 amide bonds. The number of para-hydroxylation sites is 1. The van der Waals surface area contributed by atoms with Crippen molar-refractivity contribution in [2.45, 2.75) is 51.4 Å². The smallest absolute Gasteiger partial charge is 0.277 e. The third-order valence-corrected chi connectivity index (χ3v) is 5.66. The van der Waals surface area contributed by atoms with Crippen LogP contribution in [-0.4, -0.2) is 21.9 Å². The van der Waals surface area contributed by atoms with E-state index in [0.717, 1.165) is 16.8 Å². The summed E-state index contributed by atoms with van der Waals surface area (Å²) in [6.45, 7) is 8.62. The number of nitrogens with one attached hydrogen (secondary N) is 1. The van der Waals surface area contributed by atoms with Crippen molar-refractivity contribution in [1.29, 1.82) is 0 Å². The third-order valence-electron chi connectivity index (χ3n) is 4.59. The number of nitrogens with zero attached hydrogens (tertiary/aromatic N) is 2. The average Bonchev–Trinajstić information content (AvgIpc) is 3.19. The zero-order valence-corrected chi connectivity index (χ0v) is 19.6. The number of aromatic nitrogens is 2. The Balaban J connectivity index is 1.56. The maximum Gasteiger partial charge on any atom is 0.277 e. The van der Waals surface area contributed by atoms with Crippen molar-refractivity contribution in [1.82, 2.24) is 10.2 Å². The molecule has 1 heterocycles. The summed E-state index contributed by atoms with van der Waals surface area (Å²) in [5, 5.41) is 12.0. The van der Waals surface area contributed by atoms with Gasteiger partial charge in [0.25, 0.3) is 11.1 Å². The number of thioether (sulfide) groups is 1. The summed E-state index contributed by atoms with van der Waals surface area (Å²) in [6, 6.07) is 13.2. The molecule has 0 radical (unpaired) electrons. The normalized spacial score (nSPS) is 11.2. The van der Waals surface area contributed by atoms with Crippen molar-refractivity contribution in [3.63, 3.8) is 0 Å². The SMILES string of the molecule is CC(C)c1cccc(C(C)C)c1NC(=O)CSc1nnc(COc2ccc(Cl)cc2)o1. The number of carbonyl (C=O) groups is 1. The van der Waals surface area contributed by atoms with E-state index in [1.54, 1.807) is 24.3 Å². The van der Waals surface area contributed by atoms with Crippen molar-refractivity contribution >= 4 is 35.0 Å². The molecule has 2 aromatic carbocycles. The molecule has 0 bridgehead atoms. The van der Waals surface area contributed by atoms with Gasteiger partial charge in [-0.15, -0.1) is 10.2 Å². The molecule has 164 valence electrons. The number of halogens is 1. The van der Waals surface area contributed by atoms with Crippen LogP contribution in [0.5, 0.6) is 5.75 Å². The van der Waals surface area contributed by atoms with E-state index >= 15 is 0 Å². The molecule has 0 saturated heterocycles. The molecule has 1 N–H and O–H groups in total. The molecule has 0 aliphatic carbocycles. The Labute approximate surface area is 191 Å². The maximum absolute atomic E-state index is 12.6. The summed E-state index contributed by atoms with van der Waals surface area (Å²) in [5.74, 6) is 1.66. The molecule has 0 unspecified atom stereocenters. The van der Waals surface area contributed by atoms with Crippen LogP contribution in [0.1, 0.15) is 56.5 Å². The van der Waals surface area contributed by atoms with Gasteiger partial charge in [-0.2, -0.15) is 0 Å². The van der Waals surface area contributed by atoms with Crippen molar-refractivity contribution in [2.75, 3.05) is 11.1 Å². The third kappa shape index (κ3) is 6.48. The largest absolute Gasteiger partial charge is 0.484 e. The van der Waals surface area contributed by atoms with E-state index in [2.05, 4.69) is 55.3 Å². The maximum atomic E-state index is 12.6. The highest BCUT2D eigenvalue weighted by Gasteiger charge is 2.17. The zero-order chi connectivity index (χ0) is 22.4. The van der Waals surface area contributed by atoms with Gasteiger partial charge >= 0.3 is 0 Å². The Kier molecular flexibility index (Phi) is 7.98. The molecule has 8 heteroatoms. The predicted octanol–water partition coefficient (Wildman–Crippen LogP) is 6.28. The average molecular weight is 460 g/mol. The second-order valence-electron chi connectivity index (χ2n) is 7.66. The van der Waals surface area contributed by atoms with Crippen LogP contribution < -0.4 is 10.1 Å². The molecule has 1 aromatic heterocycles. The van der Waals surface area contributed by atoms with Gasteiger partial charge < -0.3 is 14.5 Å². The van der Waals surface area contributed by atoms with Gasteiger partial charge in [0.15, 0.2) is 6.61 Å². The molecule has 0 spiro atoms. The lowest BCUT2D eigenvalue weighted by atomic mass is 9.92. The first-order valence-electron chi connectivity index (χ1n) is 10.1. The molecular formula is C23H26ClN3O3S. The van der Waals surface area contributed by atoms with Crippen LogP contribution in [0.4, 0.5) is 5.69 Å². The molecule has 6 nitrogen and oxygen atoms in total. The van der Waals surface area contributed by atoms with Gasteiger partial charge in [-0.3, -0.25) is 4.79 Å². The van der Waals surface area contributed by atoms with Crippen molar-refractivity contribution in [3.8, 4) is 5.75 Å². The first-order valence-corrected chi connectivity index (χ1v) is 11.5. The Hall–Kier alpha value is -2.51. The fourth-order valence-electron chi connectivity index (χ4n) is 3.03. The minimum Gasteiger partial charge on any atom is -0.484 e. The molecule has 0 atom stereocenters. The lowest BCUT2D eigenvalue weighted by Gasteiger charge is -2.20. The van der Waals surface area contributed by atoms with Gasteiger partial charge in [-0.25, -0.2) is 0 Å². The summed E-state index contributed by atoms with van der Waals surface area (Å²) in [5.41, 5.74) is 3.16. The standard InChI is InChI=1S/C23H26ClN3O3S/c1-14(2)18-6-5-7-19(15(3)4)22(18)25-20(28)13-31-23-27-26-21(30-23)12-29-17-10-8-16(24)9-11-17/h5-11,14-15H,12-13H2,1-4H3,(H,25,28). The fraction of sp³-hybridized carbons (Fsp3) is 0.348. The Morgan fingerprint density at radius 1 is 1.06 bits per heavy atom. The Morgan fingerprint density at radius 3 is 2.32 bits per heavy atom. The van der Waals surface area contributed by atoms with Crippen LogP contribution in [0.15, 0.2) is 52.1 Å². The van der Waals surface area contributed by atoms with Gasteiger partial charge in [0.05, 0.1) is 5.75 Å². The van der Waals surface area contributed by atoms with Crippen molar-refractivity contribution < 1.29 is 13.9 Å². The molecule has 0 aliphatic heterocycles. The van der Waals surface area contributed by atoms with Gasteiger partial charge in [0.1, 0.15) is 5.75 Å². The summed E-state index contributed by atoms with van der Waals surface area (Å²) in [4.78, 5) is 12.6.